The summed E-state index contributed by atoms with van der Waals surface area (Å²) >= 11 is 6.24. The SMILES string of the molecule is CCCOc1cccc(N2C(=O)C(Cl)=C(c3ccccc3OC)C2=O)c1. The van der Waals surface area contributed by atoms with Crippen LogP contribution in [0.2, 0.25) is 0 Å². The minimum absolute atomic E-state index is 0.126. The van der Waals surface area contributed by atoms with Crippen LogP contribution in [0.1, 0.15) is 18.9 Å². The average molecular weight is 372 g/mol. The fraction of sp³-hybridized carbons (Fsp3) is 0.200. The van der Waals surface area contributed by atoms with Crippen LogP contribution >= 0.6 is 11.6 Å². The van der Waals surface area contributed by atoms with Crippen LogP contribution in [-0.4, -0.2) is 25.5 Å². The number of halogens is 1. The molecule has 3 rings (SSSR count). The molecular weight excluding hydrogens is 354 g/mol. The Morgan fingerprint density at radius 1 is 1.04 bits per heavy atom. The summed E-state index contributed by atoms with van der Waals surface area (Å²) in [4.78, 5) is 26.7. The Morgan fingerprint density at radius 3 is 2.54 bits per heavy atom. The first kappa shape index (κ1) is 18.0. The van der Waals surface area contributed by atoms with Crippen LogP contribution in [0, 0.1) is 0 Å². The minimum Gasteiger partial charge on any atom is -0.496 e. The zero-order chi connectivity index (χ0) is 18.7. The first-order chi connectivity index (χ1) is 12.6. The topological polar surface area (TPSA) is 55.8 Å². The molecule has 0 saturated carbocycles. The maximum absolute atomic E-state index is 13.0. The third-order valence-corrected chi connectivity index (χ3v) is 4.30. The van der Waals surface area contributed by atoms with E-state index in [0.29, 0.717) is 29.4 Å². The second-order valence-corrected chi connectivity index (χ2v) is 6.06. The maximum Gasteiger partial charge on any atom is 0.277 e. The lowest BCUT2D eigenvalue weighted by Gasteiger charge is -2.16. The van der Waals surface area contributed by atoms with Crippen molar-refractivity contribution in [1.82, 2.24) is 0 Å². The largest absolute Gasteiger partial charge is 0.496 e. The van der Waals surface area contributed by atoms with Gasteiger partial charge in [-0.2, -0.15) is 0 Å². The van der Waals surface area contributed by atoms with Gasteiger partial charge in [-0.05, 0) is 24.6 Å². The van der Waals surface area contributed by atoms with Gasteiger partial charge in [-0.1, -0.05) is 42.8 Å². The predicted molar refractivity (Wildman–Crippen MR) is 100 cm³/mol. The van der Waals surface area contributed by atoms with E-state index >= 15 is 0 Å². The van der Waals surface area contributed by atoms with Crippen molar-refractivity contribution in [2.75, 3.05) is 18.6 Å². The average Bonchev–Trinajstić information content (AvgIpc) is 2.89. The van der Waals surface area contributed by atoms with Crippen molar-refractivity contribution in [3.8, 4) is 11.5 Å². The van der Waals surface area contributed by atoms with E-state index in [0.717, 1.165) is 11.3 Å². The summed E-state index contributed by atoms with van der Waals surface area (Å²) < 4.78 is 10.9. The molecule has 0 unspecified atom stereocenters. The van der Waals surface area contributed by atoms with Crippen molar-refractivity contribution in [2.45, 2.75) is 13.3 Å². The second kappa shape index (κ2) is 7.62. The molecule has 0 N–H and O–H groups in total. The van der Waals surface area contributed by atoms with Crippen LogP contribution in [0.15, 0.2) is 53.6 Å². The quantitative estimate of drug-likeness (QED) is 0.720. The van der Waals surface area contributed by atoms with Crippen molar-refractivity contribution in [2.24, 2.45) is 0 Å². The lowest BCUT2D eigenvalue weighted by molar-refractivity contribution is -0.119. The number of carbonyl (C=O) groups is 2. The molecule has 5 nitrogen and oxygen atoms in total. The standard InChI is InChI=1S/C20H18ClNO4/c1-3-11-26-14-8-6-7-13(12-14)22-19(23)17(18(21)20(22)24)15-9-4-5-10-16(15)25-2/h4-10,12H,3,11H2,1-2H3. The molecule has 1 aliphatic heterocycles. The monoisotopic (exact) mass is 371 g/mol. The van der Waals surface area contributed by atoms with Crippen molar-refractivity contribution >= 4 is 34.7 Å². The van der Waals surface area contributed by atoms with Gasteiger partial charge in [0.2, 0.25) is 0 Å². The highest BCUT2D eigenvalue weighted by Gasteiger charge is 2.40. The number of para-hydroxylation sites is 1. The molecule has 134 valence electrons. The highest BCUT2D eigenvalue weighted by Crippen LogP contribution is 2.38. The molecule has 0 spiro atoms. The van der Waals surface area contributed by atoms with E-state index < -0.39 is 11.8 Å². The van der Waals surface area contributed by atoms with E-state index in [1.165, 1.54) is 7.11 Å². The van der Waals surface area contributed by atoms with Crippen molar-refractivity contribution in [3.05, 3.63) is 59.1 Å². The summed E-state index contributed by atoms with van der Waals surface area (Å²) in [6.45, 7) is 2.55. The summed E-state index contributed by atoms with van der Waals surface area (Å²) in [6.07, 6.45) is 0.858. The number of benzene rings is 2. The minimum atomic E-state index is -0.565. The van der Waals surface area contributed by atoms with E-state index in [9.17, 15) is 9.59 Å². The molecule has 2 aromatic rings. The first-order valence-corrected chi connectivity index (χ1v) is 8.61. The molecule has 2 amide bonds. The number of imide groups is 1. The van der Waals surface area contributed by atoms with Gasteiger partial charge in [0.05, 0.1) is 25.0 Å². The number of nitrogens with zero attached hydrogens (tertiary/aromatic N) is 1. The molecule has 0 fully saturated rings. The number of carbonyl (C=O) groups excluding carboxylic acids is 2. The van der Waals surface area contributed by atoms with Crippen LogP contribution in [0.4, 0.5) is 5.69 Å². The predicted octanol–water partition coefficient (Wildman–Crippen LogP) is 4.01. The molecule has 0 radical (unpaired) electrons. The number of hydrogen-bond acceptors (Lipinski definition) is 4. The summed E-state index contributed by atoms with van der Waals surface area (Å²) in [6, 6.07) is 13.8. The van der Waals surface area contributed by atoms with E-state index in [2.05, 4.69) is 0 Å². The Balaban J connectivity index is 1.99. The van der Waals surface area contributed by atoms with Gasteiger partial charge < -0.3 is 9.47 Å². The number of hydrogen-bond donors (Lipinski definition) is 0. The Kier molecular flexibility index (Phi) is 5.28. The number of methoxy groups -OCH3 is 1. The zero-order valence-corrected chi connectivity index (χ0v) is 15.2. The molecule has 1 aliphatic rings. The molecule has 0 saturated heterocycles. The number of anilines is 1. The maximum atomic E-state index is 13.0. The summed E-state index contributed by atoms with van der Waals surface area (Å²) in [7, 11) is 1.50. The fourth-order valence-electron chi connectivity index (χ4n) is 2.75. The van der Waals surface area contributed by atoms with Crippen molar-refractivity contribution in [3.63, 3.8) is 0 Å². The molecule has 1 heterocycles. The van der Waals surface area contributed by atoms with Crippen LogP contribution in [-0.2, 0) is 9.59 Å². The molecule has 0 aliphatic carbocycles. The van der Waals surface area contributed by atoms with Crippen LogP contribution in [0.5, 0.6) is 11.5 Å². The Labute approximate surface area is 156 Å². The summed E-state index contributed by atoms with van der Waals surface area (Å²) in [5.74, 6) is 0.0119. The molecule has 0 atom stereocenters. The Morgan fingerprint density at radius 2 is 1.81 bits per heavy atom. The number of ether oxygens (including phenoxy) is 2. The number of rotatable bonds is 6. The molecular formula is C20H18ClNO4. The van der Waals surface area contributed by atoms with E-state index in [-0.39, 0.29) is 10.6 Å². The van der Waals surface area contributed by atoms with Gasteiger partial charge >= 0.3 is 0 Å². The molecule has 2 aromatic carbocycles. The van der Waals surface area contributed by atoms with Gasteiger partial charge in [-0.15, -0.1) is 0 Å². The zero-order valence-electron chi connectivity index (χ0n) is 14.5. The summed E-state index contributed by atoms with van der Waals surface area (Å²) in [5.41, 5.74) is 1.03. The molecule has 0 aromatic heterocycles. The van der Waals surface area contributed by atoms with E-state index in [1.807, 2.05) is 6.92 Å². The normalized spacial score (nSPS) is 14.2. The van der Waals surface area contributed by atoms with E-state index in [1.54, 1.807) is 48.5 Å². The van der Waals surface area contributed by atoms with Gasteiger partial charge in [0.15, 0.2) is 0 Å². The van der Waals surface area contributed by atoms with Crippen LogP contribution in [0.3, 0.4) is 0 Å². The molecule has 26 heavy (non-hydrogen) atoms. The third-order valence-electron chi connectivity index (χ3n) is 3.95. The van der Waals surface area contributed by atoms with E-state index in [4.69, 9.17) is 21.1 Å². The molecule has 6 heteroatoms. The van der Waals surface area contributed by atoms with Gasteiger partial charge in [-0.25, -0.2) is 4.90 Å². The molecule has 0 bridgehead atoms. The number of amides is 2. The first-order valence-electron chi connectivity index (χ1n) is 8.23. The van der Waals surface area contributed by atoms with Gasteiger partial charge in [0.1, 0.15) is 16.5 Å². The van der Waals surface area contributed by atoms with Crippen LogP contribution in [0.25, 0.3) is 5.57 Å². The highest BCUT2D eigenvalue weighted by molar-refractivity contribution is 6.60. The van der Waals surface area contributed by atoms with Gasteiger partial charge in [0.25, 0.3) is 11.8 Å². The summed E-state index contributed by atoms with van der Waals surface area (Å²) in [5, 5.41) is -0.126. The Hall–Kier alpha value is -2.79. The second-order valence-electron chi connectivity index (χ2n) is 5.68. The lowest BCUT2D eigenvalue weighted by atomic mass is 10.1. The smallest absolute Gasteiger partial charge is 0.277 e. The van der Waals surface area contributed by atoms with Crippen LogP contribution < -0.4 is 14.4 Å². The third kappa shape index (κ3) is 3.18. The van der Waals surface area contributed by atoms with Crippen molar-refractivity contribution in [1.29, 1.82) is 0 Å². The van der Waals surface area contributed by atoms with Crippen molar-refractivity contribution < 1.29 is 19.1 Å². The fourth-order valence-corrected chi connectivity index (χ4v) is 3.02. The Bertz CT molecular complexity index is 891. The lowest BCUT2D eigenvalue weighted by Crippen LogP contribution is -2.31. The highest BCUT2D eigenvalue weighted by atomic mass is 35.5. The van der Waals surface area contributed by atoms with Gasteiger partial charge in [-0.3, -0.25) is 9.59 Å². The van der Waals surface area contributed by atoms with Gasteiger partial charge in [0, 0.05) is 11.6 Å².